The first-order chi connectivity index (χ1) is 14.7. The predicted molar refractivity (Wildman–Crippen MR) is 122 cm³/mol. The summed E-state index contributed by atoms with van der Waals surface area (Å²) in [5, 5.41) is 17.0. The molecule has 31 heavy (non-hydrogen) atoms. The number of likely N-dealkylation sites (N-methyl/N-ethyl adjacent to an activating group) is 1. The van der Waals surface area contributed by atoms with E-state index < -0.39 is 5.97 Å². The Kier molecular flexibility index (Phi) is 6.44. The summed E-state index contributed by atoms with van der Waals surface area (Å²) in [6.07, 6.45) is 0.757. The van der Waals surface area contributed by atoms with Crippen LogP contribution in [0.3, 0.4) is 0 Å². The summed E-state index contributed by atoms with van der Waals surface area (Å²) in [5.41, 5.74) is 5.97. The van der Waals surface area contributed by atoms with Gasteiger partial charge in [-0.2, -0.15) is 5.10 Å². The summed E-state index contributed by atoms with van der Waals surface area (Å²) in [7, 11) is 3.79. The van der Waals surface area contributed by atoms with Crippen LogP contribution in [0.2, 0.25) is 0 Å². The van der Waals surface area contributed by atoms with Crippen molar-refractivity contribution in [2.75, 3.05) is 23.8 Å². The average Bonchev–Trinajstić information content (AvgIpc) is 2.97. The number of aromatic nitrogens is 2. The highest BCUT2D eigenvalue weighted by molar-refractivity contribution is 6.05. The lowest BCUT2D eigenvalue weighted by Crippen LogP contribution is -2.23. The summed E-state index contributed by atoms with van der Waals surface area (Å²) in [5.74, 6) is -1.31. The third-order valence-electron chi connectivity index (χ3n) is 5.53. The Balaban J connectivity index is 1.78. The number of amides is 1. The van der Waals surface area contributed by atoms with Crippen LogP contribution in [0.15, 0.2) is 42.5 Å². The van der Waals surface area contributed by atoms with E-state index in [1.165, 1.54) is 11.6 Å². The lowest BCUT2D eigenvalue weighted by molar-refractivity contribution is 0.0697. The van der Waals surface area contributed by atoms with Crippen molar-refractivity contribution in [3.8, 4) is 0 Å². The fraction of sp³-hybridized carbons (Fsp3) is 0.292. The van der Waals surface area contributed by atoms with E-state index in [0.717, 1.165) is 23.4 Å². The number of nitrogens with zero attached hydrogens (tertiary/aromatic N) is 3. The van der Waals surface area contributed by atoms with Crippen molar-refractivity contribution in [3.05, 3.63) is 76.1 Å². The molecular weight excluding hydrogens is 392 g/mol. The van der Waals surface area contributed by atoms with Crippen molar-refractivity contribution >= 4 is 23.3 Å². The number of carbonyl (C=O) groups excluding carboxylic acids is 1. The van der Waals surface area contributed by atoms with E-state index in [4.69, 9.17) is 0 Å². The van der Waals surface area contributed by atoms with Gasteiger partial charge in [0.15, 0.2) is 0 Å². The Hall–Kier alpha value is -3.61. The number of hydrogen-bond donors (Lipinski definition) is 2. The first kappa shape index (κ1) is 22.1. The Morgan fingerprint density at radius 1 is 1.13 bits per heavy atom. The monoisotopic (exact) mass is 420 g/mol. The maximum absolute atomic E-state index is 12.5. The van der Waals surface area contributed by atoms with Crippen LogP contribution in [-0.2, 0) is 13.5 Å². The molecule has 0 fully saturated rings. The number of benzene rings is 2. The molecule has 162 valence electrons. The lowest BCUT2D eigenvalue weighted by Gasteiger charge is -2.22. The Morgan fingerprint density at radius 2 is 1.87 bits per heavy atom. The van der Waals surface area contributed by atoms with Crippen molar-refractivity contribution in [3.63, 3.8) is 0 Å². The lowest BCUT2D eigenvalue weighted by atomic mass is 10.1. The third kappa shape index (κ3) is 4.94. The number of nitrogens with one attached hydrogen (secondary N) is 1. The Morgan fingerprint density at radius 3 is 2.48 bits per heavy atom. The quantitative estimate of drug-likeness (QED) is 0.604. The Bertz CT molecular complexity index is 1130. The van der Waals surface area contributed by atoms with Gasteiger partial charge in [0.05, 0.1) is 16.9 Å². The number of anilines is 2. The van der Waals surface area contributed by atoms with Crippen LogP contribution in [0.25, 0.3) is 0 Å². The fourth-order valence-corrected chi connectivity index (χ4v) is 3.69. The molecule has 2 aromatic carbocycles. The van der Waals surface area contributed by atoms with Crippen LogP contribution in [0.1, 0.15) is 43.2 Å². The van der Waals surface area contributed by atoms with E-state index in [9.17, 15) is 14.7 Å². The van der Waals surface area contributed by atoms with Crippen molar-refractivity contribution < 1.29 is 14.7 Å². The van der Waals surface area contributed by atoms with Crippen molar-refractivity contribution in [1.82, 2.24) is 9.78 Å². The molecule has 7 heteroatoms. The highest BCUT2D eigenvalue weighted by atomic mass is 16.4. The van der Waals surface area contributed by atoms with Crippen molar-refractivity contribution in [2.24, 2.45) is 7.05 Å². The van der Waals surface area contributed by atoms with Crippen LogP contribution in [0, 0.1) is 20.8 Å². The van der Waals surface area contributed by atoms with Gasteiger partial charge in [-0.25, -0.2) is 4.79 Å². The predicted octanol–water partition coefficient (Wildman–Crippen LogP) is 3.97. The molecule has 1 heterocycles. The van der Waals surface area contributed by atoms with E-state index in [-0.39, 0.29) is 11.5 Å². The SMILES string of the molecule is Cc1cccc(C(=O)Nc2ccc(N(C)CCc3c(C)nn(C)c3C)c(C(=O)O)c2)c1. The molecule has 0 aliphatic rings. The first-order valence-corrected chi connectivity index (χ1v) is 10.1. The van der Waals surface area contributed by atoms with Gasteiger partial charge < -0.3 is 15.3 Å². The fourth-order valence-electron chi connectivity index (χ4n) is 3.69. The first-order valence-electron chi connectivity index (χ1n) is 10.1. The number of carboxylic acid groups (broad SMARTS) is 1. The minimum atomic E-state index is -1.04. The second-order valence-corrected chi connectivity index (χ2v) is 7.81. The molecule has 2 N–H and O–H groups in total. The molecule has 0 saturated heterocycles. The van der Waals surface area contributed by atoms with E-state index in [1.807, 2.05) is 56.6 Å². The van der Waals surface area contributed by atoms with Crippen LogP contribution >= 0.6 is 0 Å². The molecule has 0 unspecified atom stereocenters. The average molecular weight is 421 g/mol. The molecule has 0 spiro atoms. The standard InChI is InChI=1S/C24H28N4O3/c1-15-7-6-8-18(13-15)23(29)25-19-9-10-22(21(14-19)24(30)31)27(4)12-11-20-16(2)26-28(5)17(20)3/h6-10,13-14H,11-12H2,1-5H3,(H,25,29)(H,30,31). The zero-order valence-electron chi connectivity index (χ0n) is 18.6. The number of rotatable bonds is 7. The summed E-state index contributed by atoms with van der Waals surface area (Å²) >= 11 is 0. The molecule has 0 radical (unpaired) electrons. The summed E-state index contributed by atoms with van der Waals surface area (Å²) < 4.78 is 1.86. The Labute approximate surface area is 182 Å². The van der Waals surface area contributed by atoms with Crippen molar-refractivity contribution in [2.45, 2.75) is 27.2 Å². The van der Waals surface area contributed by atoms with Crippen LogP contribution in [-0.4, -0.2) is 40.4 Å². The summed E-state index contributed by atoms with van der Waals surface area (Å²) in [6.45, 7) is 6.57. The maximum atomic E-state index is 12.5. The maximum Gasteiger partial charge on any atom is 0.337 e. The minimum absolute atomic E-state index is 0.143. The largest absolute Gasteiger partial charge is 0.478 e. The normalized spacial score (nSPS) is 10.7. The van der Waals surface area contributed by atoms with Gasteiger partial charge in [-0.3, -0.25) is 9.48 Å². The molecule has 0 bridgehead atoms. The molecule has 3 rings (SSSR count). The molecule has 7 nitrogen and oxygen atoms in total. The van der Waals surface area contributed by atoms with Gasteiger partial charge in [0, 0.05) is 37.6 Å². The van der Waals surface area contributed by atoms with Gasteiger partial charge in [0.1, 0.15) is 0 Å². The molecule has 0 aliphatic heterocycles. The molecular formula is C24H28N4O3. The van der Waals surface area contributed by atoms with Crippen LogP contribution in [0.5, 0.6) is 0 Å². The molecule has 3 aromatic rings. The second kappa shape index (κ2) is 9.04. The highest BCUT2D eigenvalue weighted by Crippen LogP contribution is 2.25. The smallest absolute Gasteiger partial charge is 0.337 e. The molecule has 0 atom stereocenters. The molecule has 0 saturated carbocycles. The topological polar surface area (TPSA) is 87.5 Å². The van der Waals surface area contributed by atoms with E-state index in [0.29, 0.717) is 23.5 Å². The zero-order chi connectivity index (χ0) is 22.7. The van der Waals surface area contributed by atoms with Gasteiger partial charge in [-0.1, -0.05) is 17.7 Å². The summed E-state index contributed by atoms with van der Waals surface area (Å²) in [6, 6.07) is 12.2. The van der Waals surface area contributed by atoms with E-state index in [2.05, 4.69) is 10.4 Å². The van der Waals surface area contributed by atoms with E-state index in [1.54, 1.807) is 24.3 Å². The van der Waals surface area contributed by atoms with Crippen molar-refractivity contribution in [1.29, 1.82) is 0 Å². The minimum Gasteiger partial charge on any atom is -0.478 e. The highest BCUT2D eigenvalue weighted by Gasteiger charge is 2.17. The number of hydrogen-bond acceptors (Lipinski definition) is 4. The van der Waals surface area contributed by atoms with E-state index >= 15 is 0 Å². The number of aryl methyl sites for hydroxylation is 3. The molecule has 1 amide bonds. The van der Waals surface area contributed by atoms with Gasteiger partial charge in [0.25, 0.3) is 5.91 Å². The number of carbonyl (C=O) groups is 2. The number of carboxylic acids is 1. The second-order valence-electron chi connectivity index (χ2n) is 7.81. The number of aromatic carboxylic acids is 1. The summed E-state index contributed by atoms with van der Waals surface area (Å²) in [4.78, 5) is 26.3. The van der Waals surface area contributed by atoms with Gasteiger partial charge in [-0.05, 0) is 63.1 Å². The zero-order valence-corrected chi connectivity index (χ0v) is 18.6. The van der Waals surface area contributed by atoms with Gasteiger partial charge in [-0.15, -0.1) is 0 Å². The van der Waals surface area contributed by atoms with Crippen LogP contribution in [0.4, 0.5) is 11.4 Å². The van der Waals surface area contributed by atoms with Gasteiger partial charge >= 0.3 is 5.97 Å². The molecule has 1 aromatic heterocycles. The van der Waals surface area contributed by atoms with Crippen LogP contribution < -0.4 is 10.2 Å². The third-order valence-corrected chi connectivity index (χ3v) is 5.53. The molecule has 0 aliphatic carbocycles. The van der Waals surface area contributed by atoms with Gasteiger partial charge in [0.2, 0.25) is 0 Å².